The maximum atomic E-state index is 12.8. The number of amides is 2. The van der Waals surface area contributed by atoms with Gasteiger partial charge in [0.2, 0.25) is 6.79 Å². The topological polar surface area (TPSA) is 50.8 Å². The molecule has 0 unspecified atom stereocenters. The third kappa shape index (κ3) is 4.52. The van der Waals surface area contributed by atoms with Crippen molar-refractivity contribution in [2.45, 2.75) is 24.5 Å². The molecular weight excluding hydrogens is 392 g/mol. The van der Waals surface area contributed by atoms with Gasteiger partial charge in [0.15, 0.2) is 11.5 Å². The number of anilines is 1. The van der Waals surface area contributed by atoms with Gasteiger partial charge in [-0.15, -0.1) is 23.5 Å². The summed E-state index contributed by atoms with van der Waals surface area (Å²) in [6.07, 6.45) is 1.27. The maximum absolute atomic E-state index is 12.8. The molecule has 0 radical (unpaired) electrons. The predicted octanol–water partition coefficient (Wildman–Crippen LogP) is 5.34. The highest BCUT2D eigenvalue weighted by Crippen LogP contribution is 2.44. The third-order valence-corrected chi connectivity index (χ3v) is 7.73. The Kier molecular flexibility index (Phi) is 6.22. The second-order valence-electron chi connectivity index (χ2n) is 6.68. The Balaban J connectivity index is 1.41. The zero-order chi connectivity index (χ0) is 19.3. The second-order valence-corrected chi connectivity index (χ2v) is 9.41. The van der Waals surface area contributed by atoms with Gasteiger partial charge < -0.3 is 19.7 Å². The smallest absolute Gasteiger partial charge is 0.322 e. The lowest BCUT2D eigenvalue weighted by Gasteiger charge is -2.23. The van der Waals surface area contributed by atoms with Crippen molar-refractivity contribution >= 4 is 35.2 Å². The summed E-state index contributed by atoms with van der Waals surface area (Å²) in [7, 11) is 0. The molecule has 2 aromatic rings. The van der Waals surface area contributed by atoms with E-state index in [1.165, 1.54) is 23.5 Å². The summed E-state index contributed by atoms with van der Waals surface area (Å²) in [6, 6.07) is 13.9. The normalized spacial score (nSPS) is 16.0. The van der Waals surface area contributed by atoms with Crippen molar-refractivity contribution in [3.8, 4) is 11.5 Å². The Morgan fingerprint density at radius 1 is 1.14 bits per heavy atom. The summed E-state index contributed by atoms with van der Waals surface area (Å²) >= 11 is 3.97. The quantitative estimate of drug-likeness (QED) is 0.713. The van der Waals surface area contributed by atoms with Crippen LogP contribution in [0, 0.1) is 0 Å². The van der Waals surface area contributed by atoms with Crippen LogP contribution < -0.4 is 14.8 Å². The van der Waals surface area contributed by atoms with Crippen LogP contribution in [0.3, 0.4) is 0 Å². The van der Waals surface area contributed by atoms with Gasteiger partial charge in [0.05, 0.1) is 4.58 Å². The molecule has 2 aromatic carbocycles. The van der Waals surface area contributed by atoms with Crippen molar-refractivity contribution in [3.05, 3.63) is 53.6 Å². The number of hydrogen-bond donors (Lipinski definition) is 1. The van der Waals surface area contributed by atoms with Crippen LogP contribution in [0.2, 0.25) is 0 Å². The van der Waals surface area contributed by atoms with E-state index >= 15 is 0 Å². The number of hydrogen-bond acceptors (Lipinski definition) is 5. The number of nitrogens with zero attached hydrogens (tertiary/aromatic N) is 1. The second kappa shape index (κ2) is 9.01. The van der Waals surface area contributed by atoms with E-state index < -0.39 is 0 Å². The van der Waals surface area contributed by atoms with E-state index in [0.717, 1.165) is 22.7 Å². The number of rotatable bonds is 5. The van der Waals surface area contributed by atoms with Gasteiger partial charge in [-0.1, -0.05) is 18.2 Å². The van der Waals surface area contributed by atoms with Crippen LogP contribution in [0.25, 0.3) is 0 Å². The summed E-state index contributed by atoms with van der Waals surface area (Å²) in [5.74, 6) is 3.90. The molecule has 0 saturated carbocycles. The van der Waals surface area contributed by atoms with E-state index in [0.29, 0.717) is 17.7 Å². The first kappa shape index (κ1) is 19.3. The van der Waals surface area contributed by atoms with E-state index in [2.05, 4.69) is 17.4 Å². The fourth-order valence-electron chi connectivity index (χ4n) is 3.23. The summed E-state index contributed by atoms with van der Waals surface area (Å²) < 4.78 is 11.2. The first-order valence-corrected chi connectivity index (χ1v) is 11.6. The molecule has 5 nitrogen and oxygen atoms in total. The number of fused-ring (bicyclic) bond motifs is 1. The van der Waals surface area contributed by atoms with Gasteiger partial charge in [-0.3, -0.25) is 0 Å². The number of thioether (sulfide) groups is 2. The Bertz CT molecular complexity index is 840. The summed E-state index contributed by atoms with van der Waals surface area (Å²) in [6.45, 7) is 3.38. The molecule has 4 rings (SSSR count). The van der Waals surface area contributed by atoms with Gasteiger partial charge in [-0.25, -0.2) is 4.79 Å². The van der Waals surface area contributed by atoms with E-state index in [4.69, 9.17) is 9.47 Å². The molecule has 2 heterocycles. The molecule has 7 heteroatoms. The van der Waals surface area contributed by atoms with Crippen LogP contribution in [0.15, 0.2) is 42.5 Å². The Hall–Kier alpha value is -1.99. The van der Waals surface area contributed by atoms with Crippen molar-refractivity contribution in [2.24, 2.45) is 0 Å². The lowest BCUT2D eigenvalue weighted by atomic mass is 10.2. The number of ether oxygens (including phenoxy) is 2. The molecule has 0 atom stereocenters. The van der Waals surface area contributed by atoms with Gasteiger partial charge >= 0.3 is 6.03 Å². The van der Waals surface area contributed by atoms with Crippen molar-refractivity contribution in [2.75, 3.05) is 30.2 Å². The zero-order valence-electron chi connectivity index (χ0n) is 15.8. The minimum Gasteiger partial charge on any atom is -0.454 e. The van der Waals surface area contributed by atoms with Gasteiger partial charge in [-0.2, -0.15) is 0 Å². The van der Waals surface area contributed by atoms with E-state index in [-0.39, 0.29) is 12.8 Å². The summed E-state index contributed by atoms with van der Waals surface area (Å²) in [4.78, 5) is 14.6. The summed E-state index contributed by atoms with van der Waals surface area (Å²) in [5, 5.41) is 3.06. The molecule has 2 aliphatic rings. The highest BCUT2D eigenvalue weighted by Gasteiger charge is 2.19. The zero-order valence-corrected chi connectivity index (χ0v) is 17.5. The van der Waals surface area contributed by atoms with Crippen LogP contribution in [0.4, 0.5) is 10.5 Å². The van der Waals surface area contributed by atoms with Gasteiger partial charge in [-0.05, 0) is 60.2 Å². The highest BCUT2D eigenvalue weighted by atomic mass is 32.2. The molecule has 0 spiro atoms. The molecule has 0 aromatic heterocycles. The molecule has 2 aliphatic heterocycles. The van der Waals surface area contributed by atoms with Gasteiger partial charge in [0.25, 0.3) is 0 Å². The maximum Gasteiger partial charge on any atom is 0.322 e. The monoisotopic (exact) mass is 416 g/mol. The Morgan fingerprint density at radius 3 is 2.79 bits per heavy atom. The van der Waals surface area contributed by atoms with Crippen LogP contribution in [0.5, 0.6) is 11.5 Å². The number of carbonyl (C=O) groups excluding carboxylic acids is 1. The predicted molar refractivity (Wildman–Crippen MR) is 116 cm³/mol. The van der Waals surface area contributed by atoms with Crippen molar-refractivity contribution < 1.29 is 14.3 Å². The van der Waals surface area contributed by atoms with E-state index in [1.807, 2.05) is 60.8 Å². The van der Waals surface area contributed by atoms with Crippen LogP contribution >= 0.6 is 23.5 Å². The standard InChI is InChI=1S/C21H24N2O3S2/c1-2-23(13-15-7-8-18-19(11-15)26-14-25-18)21(24)22-17-6-3-5-16(12-17)20-27-9-4-10-28-20/h3,5-8,11-12,20H,2,4,9-10,13-14H2,1H3,(H,22,24). The minimum atomic E-state index is -0.0960. The number of carbonyl (C=O) groups is 1. The Labute approximate surface area is 174 Å². The van der Waals surface area contributed by atoms with Gasteiger partial charge in [0.1, 0.15) is 0 Å². The SMILES string of the molecule is CCN(Cc1ccc2c(c1)OCO2)C(=O)Nc1cccc(C2SCCCS2)c1. The molecule has 1 saturated heterocycles. The molecule has 2 amide bonds. The number of benzene rings is 2. The van der Waals surface area contributed by atoms with Crippen molar-refractivity contribution in [1.29, 1.82) is 0 Å². The fraction of sp³-hybridized carbons (Fsp3) is 0.381. The largest absolute Gasteiger partial charge is 0.454 e. The average Bonchev–Trinajstić information content (AvgIpc) is 3.20. The summed E-state index contributed by atoms with van der Waals surface area (Å²) in [5.41, 5.74) is 3.13. The molecule has 28 heavy (non-hydrogen) atoms. The molecule has 1 N–H and O–H groups in total. The van der Waals surface area contributed by atoms with Crippen LogP contribution in [-0.2, 0) is 6.54 Å². The average molecular weight is 417 g/mol. The molecular formula is C21H24N2O3S2. The van der Waals surface area contributed by atoms with Crippen LogP contribution in [0.1, 0.15) is 29.1 Å². The van der Waals surface area contributed by atoms with E-state index in [1.54, 1.807) is 4.90 Å². The highest BCUT2D eigenvalue weighted by molar-refractivity contribution is 8.16. The minimum absolute atomic E-state index is 0.0960. The molecule has 1 fully saturated rings. The number of nitrogens with one attached hydrogen (secondary N) is 1. The van der Waals surface area contributed by atoms with Gasteiger partial charge in [0, 0.05) is 18.8 Å². The number of urea groups is 1. The first-order chi connectivity index (χ1) is 13.7. The van der Waals surface area contributed by atoms with E-state index in [9.17, 15) is 4.79 Å². The van der Waals surface area contributed by atoms with Crippen LogP contribution in [-0.4, -0.2) is 35.8 Å². The fourth-order valence-corrected chi connectivity index (χ4v) is 6.11. The lowest BCUT2D eigenvalue weighted by molar-refractivity contribution is 0.174. The lowest BCUT2D eigenvalue weighted by Crippen LogP contribution is -2.34. The van der Waals surface area contributed by atoms with Crippen molar-refractivity contribution in [3.63, 3.8) is 0 Å². The first-order valence-electron chi connectivity index (χ1n) is 9.50. The van der Waals surface area contributed by atoms with Crippen molar-refractivity contribution in [1.82, 2.24) is 4.90 Å². The molecule has 0 bridgehead atoms. The molecule has 0 aliphatic carbocycles. The Morgan fingerprint density at radius 2 is 1.96 bits per heavy atom. The molecule has 148 valence electrons. The third-order valence-electron chi connectivity index (χ3n) is 4.72.